The highest BCUT2D eigenvalue weighted by Gasteiger charge is 2.56. The molecule has 0 radical (unpaired) electrons. The van der Waals surface area contributed by atoms with Gasteiger partial charge in [0.1, 0.15) is 11.7 Å². The summed E-state index contributed by atoms with van der Waals surface area (Å²) in [6.07, 6.45) is -0.400. The zero-order chi connectivity index (χ0) is 18.2. The fraction of sp³-hybridized carbons (Fsp3) is 0.667. The van der Waals surface area contributed by atoms with E-state index in [1.165, 1.54) is 30.7 Å². The van der Waals surface area contributed by atoms with Crippen molar-refractivity contribution >= 4 is 29.6 Å². The number of amides is 1. The van der Waals surface area contributed by atoms with Crippen molar-refractivity contribution in [2.75, 3.05) is 12.9 Å². The first-order chi connectivity index (χ1) is 11.2. The molecule has 0 bridgehead atoms. The van der Waals surface area contributed by atoms with Crippen molar-refractivity contribution < 1.29 is 29.3 Å². The second kappa shape index (κ2) is 7.12. The highest BCUT2D eigenvalue weighted by Crippen LogP contribution is 2.44. The lowest BCUT2D eigenvalue weighted by Crippen LogP contribution is -2.61. The van der Waals surface area contributed by atoms with E-state index < -0.39 is 30.0 Å². The smallest absolute Gasteiger partial charge is 0.352 e. The lowest BCUT2D eigenvalue weighted by atomic mass is 9.83. The molecular formula is C15H22N2O6S. The Morgan fingerprint density at radius 1 is 1.46 bits per heavy atom. The third kappa shape index (κ3) is 3.15. The zero-order valence-corrected chi connectivity index (χ0v) is 14.6. The minimum atomic E-state index is -1.16. The Bertz CT molecular complexity index is 591. The van der Waals surface area contributed by atoms with E-state index in [1.54, 1.807) is 6.92 Å². The third-order valence-electron chi connectivity index (χ3n) is 4.52. The summed E-state index contributed by atoms with van der Waals surface area (Å²) >= 11 is 1.34. The number of aliphatic carboxylic acids is 1. The number of carboxylic acids is 1. The van der Waals surface area contributed by atoms with Crippen LogP contribution in [0.2, 0.25) is 0 Å². The molecule has 5 unspecified atom stereocenters. The quantitative estimate of drug-likeness (QED) is 0.412. The van der Waals surface area contributed by atoms with Gasteiger partial charge in [0.05, 0.1) is 25.2 Å². The van der Waals surface area contributed by atoms with Crippen LogP contribution in [-0.4, -0.2) is 69.3 Å². The van der Waals surface area contributed by atoms with Crippen molar-refractivity contribution in [3.05, 3.63) is 11.3 Å². The minimum absolute atomic E-state index is 0.00626. The van der Waals surface area contributed by atoms with Crippen molar-refractivity contribution in [1.29, 1.82) is 0 Å². The van der Waals surface area contributed by atoms with Crippen LogP contribution >= 0.6 is 11.8 Å². The molecule has 4 N–H and O–H groups in total. The molecule has 1 fully saturated rings. The van der Waals surface area contributed by atoms with Crippen molar-refractivity contribution in [1.82, 2.24) is 4.90 Å². The van der Waals surface area contributed by atoms with Gasteiger partial charge in [0, 0.05) is 11.0 Å². The van der Waals surface area contributed by atoms with Gasteiger partial charge in [-0.05, 0) is 18.9 Å². The maximum absolute atomic E-state index is 12.1. The number of nitrogens with zero attached hydrogens (tertiary/aromatic N) is 1. The standard InChI is InChI=1S/C15H22N2O6S/c1-6(18)10-9-4-8(12(14(20)21)17(9)13(10)19)5-24-7(2)11(16)15(22)23-3/h6-7,9-11,18H,4-5,16H2,1-3H3,(H,20,21). The largest absolute Gasteiger partial charge is 0.477 e. The number of methoxy groups -OCH3 is 1. The molecule has 0 aromatic rings. The molecule has 1 saturated heterocycles. The number of aliphatic hydroxyl groups excluding tert-OH is 1. The number of esters is 1. The average Bonchev–Trinajstić information content (AvgIpc) is 2.85. The Morgan fingerprint density at radius 2 is 2.08 bits per heavy atom. The fourth-order valence-electron chi connectivity index (χ4n) is 3.15. The summed E-state index contributed by atoms with van der Waals surface area (Å²) in [6.45, 7) is 3.30. The molecule has 5 atom stereocenters. The first-order valence-corrected chi connectivity index (χ1v) is 8.67. The van der Waals surface area contributed by atoms with Crippen LogP contribution in [0, 0.1) is 5.92 Å². The maximum atomic E-state index is 12.1. The Kier molecular flexibility index (Phi) is 5.56. The molecule has 0 saturated carbocycles. The summed E-state index contributed by atoms with van der Waals surface area (Å²) in [7, 11) is 1.26. The van der Waals surface area contributed by atoms with E-state index >= 15 is 0 Å². The number of ether oxygens (including phenoxy) is 1. The summed E-state index contributed by atoms with van der Waals surface area (Å²) in [4.78, 5) is 36.3. The normalized spacial score (nSPS) is 26.5. The van der Waals surface area contributed by atoms with Crippen LogP contribution in [0.15, 0.2) is 11.3 Å². The molecule has 0 spiro atoms. The molecule has 2 aliphatic heterocycles. The van der Waals surface area contributed by atoms with E-state index in [0.29, 0.717) is 17.7 Å². The SMILES string of the molecule is COC(=O)C(N)C(C)SCC1=C(C(=O)O)N2C(=O)C(C(C)O)C2C1. The van der Waals surface area contributed by atoms with Crippen LogP contribution < -0.4 is 5.73 Å². The molecule has 2 aliphatic rings. The van der Waals surface area contributed by atoms with Gasteiger partial charge in [-0.25, -0.2) is 4.79 Å². The molecule has 2 heterocycles. The lowest BCUT2D eigenvalue weighted by Gasteiger charge is -2.44. The topological polar surface area (TPSA) is 130 Å². The first kappa shape index (κ1) is 18.8. The van der Waals surface area contributed by atoms with Gasteiger partial charge in [-0.1, -0.05) is 6.92 Å². The van der Waals surface area contributed by atoms with E-state index in [2.05, 4.69) is 4.74 Å². The first-order valence-electron chi connectivity index (χ1n) is 7.62. The number of thioether (sulfide) groups is 1. The Morgan fingerprint density at radius 3 is 2.58 bits per heavy atom. The zero-order valence-electron chi connectivity index (χ0n) is 13.8. The van der Waals surface area contributed by atoms with Crippen LogP contribution in [-0.2, 0) is 19.1 Å². The second-order valence-corrected chi connectivity index (χ2v) is 7.43. The number of hydrogen-bond donors (Lipinski definition) is 3. The predicted octanol–water partition coefficient (Wildman–Crippen LogP) is -0.441. The Balaban J connectivity index is 2.08. The number of rotatable bonds is 7. The van der Waals surface area contributed by atoms with Crippen LogP contribution in [0.3, 0.4) is 0 Å². The van der Waals surface area contributed by atoms with E-state index in [-0.39, 0.29) is 22.9 Å². The van der Waals surface area contributed by atoms with Crippen molar-refractivity contribution in [2.24, 2.45) is 11.7 Å². The monoisotopic (exact) mass is 358 g/mol. The van der Waals surface area contributed by atoms with E-state index in [4.69, 9.17) is 5.73 Å². The van der Waals surface area contributed by atoms with Gasteiger partial charge in [-0.2, -0.15) is 11.8 Å². The number of aliphatic hydroxyl groups is 1. The number of hydrogen-bond acceptors (Lipinski definition) is 7. The van der Waals surface area contributed by atoms with Gasteiger partial charge < -0.3 is 25.6 Å². The molecule has 1 amide bonds. The number of carbonyl (C=O) groups excluding carboxylic acids is 2. The highest BCUT2D eigenvalue weighted by molar-refractivity contribution is 8.00. The molecule has 9 heteroatoms. The van der Waals surface area contributed by atoms with Crippen LogP contribution in [0.4, 0.5) is 0 Å². The summed E-state index contributed by atoms with van der Waals surface area (Å²) in [6, 6.07) is -1.11. The van der Waals surface area contributed by atoms with Crippen molar-refractivity contribution in [2.45, 2.75) is 43.7 Å². The average molecular weight is 358 g/mol. The molecule has 134 valence electrons. The number of β-lactam (4-membered cyclic amide) rings is 1. The highest BCUT2D eigenvalue weighted by atomic mass is 32.2. The van der Waals surface area contributed by atoms with E-state index in [1.807, 2.05) is 0 Å². The number of carbonyl (C=O) groups is 3. The summed E-state index contributed by atoms with van der Waals surface area (Å²) in [5.41, 5.74) is 6.39. The third-order valence-corrected chi connectivity index (χ3v) is 5.86. The lowest BCUT2D eigenvalue weighted by molar-refractivity contribution is -0.161. The van der Waals surface area contributed by atoms with Gasteiger partial charge in [-0.15, -0.1) is 0 Å². The molecule has 2 rings (SSSR count). The summed E-state index contributed by atoms with van der Waals surface area (Å²) in [5.74, 6) is -2.25. The van der Waals surface area contributed by atoms with Crippen molar-refractivity contribution in [3.8, 4) is 0 Å². The van der Waals surface area contributed by atoms with Crippen molar-refractivity contribution in [3.63, 3.8) is 0 Å². The Labute approximate surface area is 144 Å². The second-order valence-electron chi connectivity index (χ2n) is 6.07. The molecule has 0 aromatic heterocycles. The minimum Gasteiger partial charge on any atom is -0.477 e. The van der Waals surface area contributed by atoms with Crippen LogP contribution in [0.25, 0.3) is 0 Å². The van der Waals surface area contributed by atoms with Gasteiger partial charge in [0.25, 0.3) is 0 Å². The summed E-state index contributed by atoms with van der Waals surface area (Å²) in [5, 5.41) is 18.9. The molecule has 24 heavy (non-hydrogen) atoms. The van der Waals surface area contributed by atoms with E-state index in [9.17, 15) is 24.6 Å². The van der Waals surface area contributed by atoms with E-state index in [0.717, 1.165) is 0 Å². The summed E-state index contributed by atoms with van der Waals surface area (Å²) < 4.78 is 4.60. The van der Waals surface area contributed by atoms with Gasteiger partial charge in [0.15, 0.2) is 0 Å². The van der Waals surface area contributed by atoms with Gasteiger partial charge in [0.2, 0.25) is 5.91 Å². The molecular weight excluding hydrogens is 336 g/mol. The maximum Gasteiger partial charge on any atom is 0.352 e. The van der Waals surface area contributed by atoms with Crippen LogP contribution in [0.5, 0.6) is 0 Å². The Hall–Kier alpha value is -1.58. The van der Waals surface area contributed by atoms with Gasteiger partial charge in [-0.3, -0.25) is 9.59 Å². The number of carboxylic acid groups (broad SMARTS) is 1. The fourth-order valence-corrected chi connectivity index (χ4v) is 4.19. The number of nitrogens with two attached hydrogens (primary N) is 1. The predicted molar refractivity (Wildman–Crippen MR) is 87.0 cm³/mol. The molecule has 0 aromatic carbocycles. The molecule has 0 aliphatic carbocycles. The van der Waals surface area contributed by atoms with Gasteiger partial charge >= 0.3 is 11.9 Å². The van der Waals surface area contributed by atoms with Crippen LogP contribution in [0.1, 0.15) is 20.3 Å². The molecule has 8 nitrogen and oxygen atoms in total. The number of fused-ring (bicyclic) bond motifs is 1.